The van der Waals surface area contributed by atoms with Gasteiger partial charge in [0.1, 0.15) is 0 Å². The quantitative estimate of drug-likeness (QED) is 0.611. The molecule has 0 saturated carbocycles. The largest absolute Gasteiger partial charge is 0.298 e. The van der Waals surface area contributed by atoms with Gasteiger partial charge in [0.05, 0.1) is 0 Å². The van der Waals surface area contributed by atoms with Crippen LogP contribution >= 0.6 is 22.6 Å². The molecule has 1 aromatic rings. The molecule has 64 valence electrons. The fourth-order valence-corrected chi connectivity index (χ4v) is 1.91. The second-order valence-corrected chi connectivity index (χ2v) is 3.77. The molecular formula is C10H11IO. The Balaban J connectivity index is 3.04. The van der Waals surface area contributed by atoms with E-state index < -0.39 is 0 Å². The van der Waals surface area contributed by atoms with Crippen molar-refractivity contribution in [2.75, 3.05) is 0 Å². The minimum Gasteiger partial charge on any atom is -0.298 e. The maximum atomic E-state index is 10.6. The number of hydrogen-bond donors (Lipinski definition) is 0. The van der Waals surface area contributed by atoms with Gasteiger partial charge in [-0.25, -0.2) is 0 Å². The third-order valence-electron chi connectivity index (χ3n) is 1.75. The zero-order valence-electron chi connectivity index (χ0n) is 7.01. The van der Waals surface area contributed by atoms with Crippen molar-refractivity contribution in [3.05, 3.63) is 32.9 Å². The number of halogens is 1. The predicted octanol–water partition coefficient (Wildman–Crippen LogP) is 3.06. The molecule has 1 aromatic carbocycles. The third-order valence-corrected chi connectivity index (χ3v) is 3.07. The molecule has 0 unspecified atom stereocenters. The second-order valence-electron chi connectivity index (χ2n) is 2.69. The van der Waals surface area contributed by atoms with Crippen molar-refractivity contribution in [1.82, 2.24) is 0 Å². The van der Waals surface area contributed by atoms with Crippen LogP contribution in [0.4, 0.5) is 0 Å². The van der Waals surface area contributed by atoms with E-state index in [1.807, 2.05) is 12.1 Å². The number of carbonyl (C=O) groups is 1. The first kappa shape index (κ1) is 9.71. The second kappa shape index (κ2) is 4.60. The van der Waals surface area contributed by atoms with Gasteiger partial charge in [0.2, 0.25) is 0 Å². The molecule has 2 heteroatoms. The summed E-state index contributed by atoms with van der Waals surface area (Å²) in [5.74, 6) is 0. The van der Waals surface area contributed by atoms with Gasteiger partial charge in [-0.15, -0.1) is 0 Å². The minimum atomic E-state index is 0.807. The van der Waals surface area contributed by atoms with Crippen molar-refractivity contribution < 1.29 is 4.79 Å². The van der Waals surface area contributed by atoms with Crippen LogP contribution in [0.15, 0.2) is 18.2 Å². The molecular weight excluding hydrogens is 263 g/mol. The number of carbonyl (C=O) groups excluding carboxylic acids is 1. The molecule has 0 amide bonds. The van der Waals surface area contributed by atoms with Gasteiger partial charge in [-0.2, -0.15) is 0 Å². The minimum absolute atomic E-state index is 0.807. The van der Waals surface area contributed by atoms with Crippen molar-refractivity contribution in [1.29, 1.82) is 0 Å². The van der Waals surface area contributed by atoms with Crippen LogP contribution < -0.4 is 0 Å². The van der Waals surface area contributed by atoms with E-state index in [9.17, 15) is 4.79 Å². The highest BCUT2D eigenvalue weighted by Crippen LogP contribution is 2.17. The van der Waals surface area contributed by atoms with Crippen LogP contribution in [0.1, 0.15) is 29.3 Å². The molecule has 0 aliphatic rings. The highest BCUT2D eigenvalue weighted by molar-refractivity contribution is 14.1. The van der Waals surface area contributed by atoms with Crippen molar-refractivity contribution in [2.24, 2.45) is 0 Å². The molecule has 0 heterocycles. The summed E-state index contributed by atoms with van der Waals surface area (Å²) in [5, 5.41) is 0. The standard InChI is InChI=1S/C10H11IO/c1-2-4-8-5-3-6-9(7-12)10(8)11/h3,5-7H,2,4H2,1H3. The number of benzene rings is 1. The summed E-state index contributed by atoms with van der Waals surface area (Å²) in [4.78, 5) is 10.6. The van der Waals surface area contributed by atoms with Gasteiger partial charge in [0.15, 0.2) is 6.29 Å². The maximum Gasteiger partial charge on any atom is 0.151 e. The Labute approximate surface area is 86.3 Å². The molecule has 0 fully saturated rings. The molecule has 0 N–H and O–H groups in total. The molecule has 0 atom stereocenters. The van der Waals surface area contributed by atoms with Gasteiger partial charge in [0.25, 0.3) is 0 Å². The highest BCUT2D eigenvalue weighted by atomic mass is 127. The number of rotatable bonds is 3. The van der Waals surface area contributed by atoms with Gasteiger partial charge in [0, 0.05) is 9.13 Å². The van der Waals surface area contributed by atoms with Crippen molar-refractivity contribution in [3.63, 3.8) is 0 Å². The fourth-order valence-electron chi connectivity index (χ4n) is 1.15. The van der Waals surface area contributed by atoms with Crippen molar-refractivity contribution in [3.8, 4) is 0 Å². The van der Waals surface area contributed by atoms with Gasteiger partial charge in [-0.3, -0.25) is 4.79 Å². The molecule has 0 radical (unpaired) electrons. The smallest absolute Gasteiger partial charge is 0.151 e. The SMILES string of the molecule is CCCc1cccc(C=O)c1I. The molecule has 0 aliphatic heterocycles. The Kier molecular flexibility index (Phi) is 3.72. The van der Waals surface area contributed by atoms with Crippen LogP contribution in [0, 0.1) is 3.57 Å². The van der Waals surface area contributed by atoms with Gasteiger partial charge >= 0.3 is 0 Å². The van der Waals surface area contributed by atoms with Crippen molar-refractivity contribution in [2.45, 2.75) is 19.8 Å². The number of aryl methyl sites for hydroxylation is 1. The summed E-state index contributed by atoms with van der Waals surface area (Å²) in [6.07, 6.45) is 3.10. The van der Waals surface area contributed by atoms with E-state index >= 15 is 0 Å². The highest BCUT2D eigenvalue weighted by Gasteiger charge is 2.02. The lowest BCUT2D eigenvalue weighted by atomic mass is 10.1. The number of aldehydes is 1. The lowest BCUT2D eigenvalue weighted by molar-refractivity contribution is 0.112. The maximum absolute atomic E-state index is 10.6. The average molecular weight is 274 g/mol. The topological polar surface area (TPSA) is 17.1 Å². The van der Waals surface area contributed by atoms with Crippen LogP contribution in [0.2, 0.25) is 0 Å². The van der Waals surface area contributed by atoms with E-state index in [1.54, 1.807) is 0 Å². The first-order valence-electron chi connectivity index (χ1n) is 4.02. The predicted molar refractivity (Wildman–Crippen MR) is 58.5 cm³/mol. The lowest BCUT2D eigenvalue weighted by Gasteiger charge is -2.03. The zero-order valence-corrected chi connectivity index (χ0v) is 9.17. The summed E-state index contributed by atoms with van der Waals surface area (Å²) in [6.45, 7) is 2.14. The molecule has 0 spiro atoms. The van der Waals surface area contributed by atoms with E-state index in [2.05, 4.69) is 35.6 Å². The molecule has 1 rings (SSSR count). The van der Waals surface area contributed by atoms with Gasteiger partial charge in [-0.05, 0) is 34.6 Å². The first-order valence-corrected chi connectivity index (χ1v) is 5.10. The first-order chi connectivity index (χ1) is 5.79. The average Bonchev–Trinajstić information content (AvgIpc) is 2.09. The Morgan fingerprint density at radius 3 is 2.83 bits per heavy atom. The van der Waals surface area contributed by atoms with E-state index in [-0.39, 0.29) is 0 Å². The van der Waals surface area contributed by atoms with Gasteiger partial charge < -0.3 is 0 Å². The Hall–Kier alpha value is -0.380. The summed E-state index contributed by atoms with van der Waals surface area (Å²) in [5.41, 5.74) is 2.09. The Bertz CT molecular complexity index is 281. The molecule has 0 saturated heterocycles. The molecule has 0 bridgehead atoms. The summed E-state index contributed by atoms with van der Waals surface area (Å²) < 4.78 is 1.10. The van der Waals surface area contributed by atoms with Crippen LogP contribution in [0.3, 0.4) is 0 Å². The normalized spacial score (nSPS) is 9.83. The van der Waals surface area contributed by atoms with Crippen LogP contribution in [0.25, 0.3) is 0 Å². The summed E-state index contributed by atoms with van der Waals surface area (Å²) in [7, 11) is 0. The van der Waals surface area contributed by atoms with E-state index in [0.717, 1.165) is 28.3 Å². The molecule has 0 aliphatic carbocycles. The van der Waals surface area contributed by atoms with E-state index in [1.165, 1.54) is 5.56 Å². The van der Waals surface area contributed by atoms with Crippen LogP contribution in [0.5, 0.6) is 0 Å². The molecule has 0 aromatic heterocycles. The number of hydrogen-bond acceptors (Lipinski definition) is 1. The van der Waals surface area contributed by atoms with Crippen LogP contribution in [-0.4, -0.2) is 6.29 Å². The Morgan fingerprint density at radius 2 is 2.25 bits per heavy atom. The Morgan fingerprint density at radius 1 is 1.50 bits per heavy atom. The fraction of sp³-hybridized carbons (Fsp3) is 0.300. The monoisotopic (exact) mass is 274 g/mol. The summed E-state index contributed by atoms with van der Waals surface area (Å²) in [6, 6.07) is 5.88. The van der Waals surface area contributed by atoms with Crippen molar-refractivity contribution >= 4 is 28.9 Å². The van der Waals surface area contributed by atoms with Crippen LogP contribution in [-0.2, 0) is 6.42 Å². The lowest BCUT2D eigenvalue weighted by Crippen LogP contribution is -1.93. The molecule has 12 heavy (non-hydrogen) atoms. The van der Waals surface area contributed by atoms with E-state index in [4.69, 9.17) is 0 Å². The van der Waals surface area contributed by atoms with Gasteiger partial charge in [-0.1, -0.05) is 31.5 Å². The third kappa shape index (κ3) is 2.06. The molecule has 1 nitrogen and oxygen atoms in total. The summed E-state index contributed by atoms with van der Waals surface area (Å²) >= 11 is 2.23. The van der Waals surface area contributed by atoms with E-state index in [0.29, 0.717) is 0 Å². The zero-order chi connectivity index (χ0) is 8.97.